The van der Waals surface area contributed by atoms with E-state index in [-0.39, 0.29) is 0 Å². The fourth-order valence-corrected chi connectivity index (χ4v) is 1.69. The molecule has 2 N–H and O–H groups in total. The van der Waals surface area contributed by atoms with E-state index in [9.17, 15) is 0 Å². The molecule has 1 heterocycles. The van der Waals surface area contributed by atoms with Crippen molar-refractivity contribution in [2.24, 2.45) is 0 Å². The number of nitrogens with two attached hydrogens (primary N) is 1. The van der Waals surface area contributed by atoms with Crippen LogP contribution in [0.4, 0.5) is 5.82 Å². The second-order valence-electron chi connectivity index (χ2n) is 4.32. The first kappa shape index (κ1) is 12.0. The van der Waals surface area contributed by atoms with Gasteiger partial charge in [-0.25, -0.2) is 9.97 Å². The Labute approximate surface area is 96.1 Å². The Balaban J connectivity index is 3.20. The van der Waals surface area contributed by atoms with Gasteiger partial charge in [-0.1, -0.05) is 37.2 Å². The molecule has 0 saturated heterocycles. The van der Waals surface area contributed by atoms with Crippen LogP contribution in [0.1, 0.15) is 11.4 Å². The molecule has 0 unspecified atom stereocenters. The predicted molar refractivity (Wildman–Crippen MR) is 66.4 cm³/mol. The third-order valence-electron chi connectivity index (χ3n) is 1.57. The van der Waals surface area contributed by atoms with Gasteiger partial charge in [0.1, 0.15) is 25.3 Å². The number of anilines is 1. The average Bonchev–Trinajstić information content (AvgIpc) is 1.99. The van der Waals surface area contributed by atoms with E-state index < -0.39 is 8.07 Å². The van der Waals surface area contributed by atoms with Gasteiger partial charge in [0.05, 0.1) is 0 Å². The van der Waals surface area contributed by atoms with Crippen LogP contribution in [-0.4, -0.2) is 18.0 Å². The molecule has 3 nitrogen and oxygen atoms in total. The molecule has 0 spiro atoms. The Hall–Kier alpha value is -1.05. The van der Waals surface area contributed by atoms with Crippen LogP contribution in [-0.2, 0) is 0 Å². The summed E-state index contributed by atoms with van der Waals surface area (Å²) in [4.78, 5) is 8.05. The molecule has 0 aliphatic carbocycles. The molecular formula is C10H14ClN3Si. The number of nitrogen functional groups attached to an aromatic ring is 1. The van der Waals surface area contributed by atoms with E-state index in [0.29, 0.717) is 22.4 Å². The summed E-state index contributed by atoms with van der Waals surface area (Å²) in [5.41, 5.74) is 9.46. The van der Waals surface area contributed by atoms with Gasteiger partial charge < -0.3 is 5.73 Å². The maximum atomic E-state index is 5.95. The van der Waals surface area contributed by atoms with Gasteiger partial charge >= 0.3 is 0 Å². The molecule has 5 heteroatoms. The Morgan fingerprint density at radius 3 is 2.33 bits per heavy atom. The van der Waals surface area contributed by atoms with E-state index in [1.807, 2.05) is 0 Å². The van der Waals surface area contributed by atoms with Gasteiger partial charge in [0.25, 0.3) is 0 Å². The van der Waals surface area contributed by atoms with Crippen LogP contribution in [0.2, 0.25) is 24.8 Å². The Kier molecular flexibility index (Phi) is 3.37. The normalized spacial score (nSPS) is 10.7. The summed E-state index contributed by atoms with van der Waals surface area (Å²) < 4.78 is 0. The molecule has 0 aliphatic heterocycles. The zero-order valence-corrected chi connectivity index (χ0v) is 11.1. The number of aryl methyl sites for hydroxylation is 1. The zero-order chi connectivity index (χ0) is 11.6. The second kappa shape index (κ2) is 4.21. The van der Waals surface area contributed by atoms with E-state index in [1.54, 1.807) is 6.92 Å². The minimum Gasteiger partial charge on any atom is -0.383 e. The lowest BCUT2D eigenvalue weighted by Crippen LogP contribution is -2.16. The summed E-state index contributed by atoms with van der Waals surface area (Å²) in [5, 5.41) is 0.339. The highest BCUT2D eigenvalue weighted by molar-refractivity contribution is 6.83. The van der Waals surface area contributed by atoms with E-state index in [4.69, 9.17) is 17.3 Å². The molecule has 80 valence electrons. The van der Waals surface area contributed by atoms with Crippen LogP contribution in [0.25, 0.3) is 0 Å². The van der Waals surface area contributed by atoms with Gasteiger partial charge in [-0.15, -0.1) is 5.54 Å². The highest BCUT2D eigenvalue weighted by Crippen LogP contribution is 2.17. The van der Waals surface area contributed by atoms with Crippen molar-refractivity contribution in [3.8, 4) is 11.5 Å². The maximum Gasteiger partial charge on any atom is 0.150 e. The topological polar surface area (TPSA) is 51.8 Å². The average molecular weight is 240 g/mol. The van der Waals surface area contributed by atoms with Gasteiger partial charge in [0, 0.05) is 0 Å². The van der Waals surface area contributed by atoms with Crippen molar-refractivity contribution < 1.29 is 0 Å². The number of hydrogen-bond donors (Lipinski definition) is 1. The molecule has 1 aromatic heterocycles. The van der Waals surface area contributed by atoms with Gasteiger partial charge in [0.15, 0.2) is 5.15 Å². The number of hydrogen-bond acceptors (Lipinski definition) is 3. The monoisotopic (exact) mass is 239 g/mol. The van der Waals surface area contributed by atoms with Crippen molar-refractivity contribution in [2.45, 2.75) is 26.6 Å². The molecule has 0 radical (unpaired) electrons. The first-order valence-corrected chi connectivity index (χ1v) is 8.50. The van der Waals surface area contributed by atoms with E-state index in [0.717, 1.165) is 0 Å². The van der Waals surface area contributed by atoms with Crippen molar-refractivity contribution in [3.63, 3.8) is 0 Å². The first-order valence-electron chi connectivity index (χ1n) is 4.62. The van der Waals surface area contributed by atoms with Crippen molar-refractivity contribution in [2.75, 3.05) is 5.73 Å². The SMILES string of the molecule is Cc1nc(N)c(C#C[Si](C)(C)C)c(Cl)n1. The molecule has 15 heavy (non-hydrogen) atoms. The smallest absolute Gasteiger partial charge is 0.150 e. The lowest BCUT2D eigenvalue weighted by atomic mass is 10.3. The van der Waals surface area contributed by atoms with Crippen LogP contribution in [0.5, 0.6) is 0 Å². The number of aromatic nitrogens is 2. The van der Waals surface area contributed by atoms with E-state index >= 15 is 0 Å². The number of nitrogens with zero attached hydrogens (tertiary/aromatic N) is 2. The molecule has 0 saturated carbocycles. The van der Waals surface area contributed by atoms with Crippen LogP contribution in [0, 0.1) is 18.4 Å². The first-order chi connectivity index (χ1) is 6.79. The molecule has 0 bridgehead atoms. The highest BCUT2D eigenvalue weighted by atomic mass is 35.5. The Morgan fingerprint density at radius 2 is 1.87 bits per heavy atom. The highest BCUT2D eigenvalue weighted by Gasteiger charge is 2.10. The fourth-order valence-electron chi connectivity index (χ4n) is 0.924. The molecule has 0 amide bonds. The summed E-state index contributed by atoms with van der Waals surface area (Å²) in [6.07, 6.45) is 0. The van der Waals surface area contributed by atoms with Gasteiger partial charge in [-0.05, 0) is 6.92 Å². The summed E-state index contributed by atoms with van der Waals surface area (Å²) in [7, 11) is -1.43. The number of rotatable bonds is 0. The molecule has 1 aromatic rings. The molecule has 0 atom stereocenters. The summed E-state index contributed by atoms with van der Waals surface area (Å²) in [6.45, 7) is 8.20. The van der Waals surface area contributed by atoms with Gasteiger partial charge in [-0.2, -0.15) is 0 Å². The molecule has 0 aliphatic rings. The minimum atomic E-state index is -1.43. The Bertz CT molecular complexity index is 417. The van der Waals surface area contributed by atoms with Gasteiger partial charge in [0.2, 0.25) is 0 Å². The van der Waals surface area contributed by atoms with E-state index in [1.165, 1.54) is 0 Å². The summed E-state index contributed by atoms with van der Waals surface area (Å²) >= 11 is 5.95. The second-order valence-corrected chi connectivity index (χ2v) is 9.43. The third-order valence-corrected chi connectivity index (χ3v) is 2.72. The van der Waals surface area contributed by atoms with E-state index in [2.05, 4.69) is 41.1 Å². The van der Waals surface area contributed by atoms with Gasteiger partial charge in [-0.3, -0.25) is 0 Å². The lowest BCUT2D eigenvalue weighted by molar-refractivity contribution is 1.06. The summed E-state index contributed by atoms with van der Waals surface area (Å²) in [5.74, 6) is 3.90. The largest absolute Gasteiger partial charge is 0.383 e. The lowest BCUT2D eigenvalue weighted by Gasteiger charge is -2.05. The standard InChI is InChI=1S/C10H14ClN3Si/c1-7-13-9(11)8(10(12)14-7)5-6-15(2,3)4/h1-4H3,(H2,12,13,14). The van der Waals surface area contributed by atoms with Crippen LogP contribution in [0.15, 0.2) is 0 Å². The minimum absolute atomic E-state index is 0.339. The maximum absolute atomic E-state index is 5.95. The Morgan fingerprint density at radius 1 is 1.27 bits per heavy atom. The fraction of sp³-hybridized carbons (Fsp3) is 0.400. The van der Waals surface area contributed by atoms with Crippen molar-refractivity contribution >= 4 is 25.5 Å². The quantitative estimate of drug-likeness (QED) is 0.429. The molecule has 0 aromatic carbocycles. The van der Waals surface area contributed by atoms with Crippen molar-refractivity contribution in [1.82, 2.24) is 9.97 Å². The number of halogens is 1. The molecule has 0 fully saturated rings. The van der Waals surface area contributed by atoms with Crippen molar-refractivity contribution in [3.05, 3.63) is 16.5 Å². The summed E-state index contributed by atoms with van der Waals surface area (Å²) in [6, 6.07) is 0. The van der Waals surface area contributed by atoms with Crippen LogP contribution in [0.3, 0.4) is 0 Å². The molecular weight excluding hydrogens is 226 g/mol. The van der Waals surface area contributed by atoms with Crippen LogP contribution >= 0.6 is 11.6 Å². The zero-order valence-electron chi connectivity index (χ0n) is 9.35. The third kappa shape index (κ3) is 3.54. The van der Waals surface area contributed by atoms with Crippen LogP contribution < -0.4 is 5.73 Å². The van der Waals surface area contributed by atoms with Crippen molar-refractivity contribution in [1.29, 1.82) is 0 Å². The predicted octanol–water partition coefficient (Wildman–Crippen LogP) is 2.25. The molecule has 1 rings (SSSR count).